The van der Waals surface area contributed by atoms with Gasteiger partial charge in [0, 0.05) is 18.9 Å². The van der Waals surface area contributed by atoms with Crippen molar-refractivity contribution in [2.75, 3.05) is 6.54 Å². The summed E-state index contributed by atoms with van der Waals surface area (Å²) in [7, 11) is 0. The molecule has 3 heteroatoms. The fourth-order valence-corrected chi connectivity index (χ4v) is 3.80. The highest BCUT2D eigenvalue weighted by atomic mass is 16.5. The molecule has 0 spiro atoms. The molecule has 0 amide bonds. The summed E-state index contributed by atoms with van der Waals surface area (Å²) in [5.41, 5.74) is 2.51. The van der Waals surface area contributed by atoms with E-state index in [-0.39, 0.29) is 0 Å². The minimum absolute atomic E-state index is 0.362. The van der Waals surface area contributed by atoms with Crippen molar-refractivity contribution in [3.05, 3.63) is 59.9 Å². The number of nitrogens with zero attached hydrogens (tertiary/aromatic N) is 1. The van der Waals surface area contributed by atoms with E-state index in [2.05, 4.69) is 54.5 Å². The van der Waals surface area contributed by atoms with Gasteiger partial charge in [-0.1, -0.05) is 25.1 Å². The van der Waals surface area contributed by atoms with E-state index < -0.39 is 0 Å². The van der Waals surface area contributed by atoms with Crippen LogP contribution in [-0.4, -0.2) is 17.6 Å². The lowest BCUT2D eigenvalue weighted by Crippen LogP contribution is -2.33. The van der Waals surface area contributed by atoms with Crippen LogP contribution in [0.15, 0.2) is 48.8 Å². The number of aryl methyl sites for hydroxylation is 1. The molecule has 134 valence electrons. The monoisotopic (exact) mass is 338 g/mol. The van der Waals surface area contributed by atoms with Crippen LogP contribution in [0.2, 0.25) is 0 Å². The van der Waals surface area contributed by atoms with Crippen molar-refractivity contribution in [1.29, 1.82) is 0 Å². The summed E-state index contributed by atoms with van der Waals surface area (Å²) in [6, 6.07) is 12.5. The summed E-state index contributed by atoms with van der Waals surface area (Å²) in [6.45, 7) is 6.44. The highest BCUT2D eigenvalue weighted by Crippen LogP contribution is 2.32. The Bertz CT molecular complexity index is 643. The summed E-state index contributed by atoms with van der Waals surface area (Å²) < 4.78 is 6.26. The SMILES string of the molecule is Cc1cccc(O[C@@H]2CCCC(C(C)CNCc3cccnc3)C2)c1. The summed E-state index contributed by atoms with van der Waals surface area (Å²) in [4.78, 5) is 4.17. The molecule has 0 bridgehead atoms. The molecule has 2 unspecified atom stereocenters. The zero-order valence-electron chi connectivity index (χ0n) is 15.4. The molecule has 1 heterocycles. The van der Waals surface area contributed by atoms with Crippen molar-refractivity contribution in [2.24, 2.45) is 11.8 Å². The topological polar surface area (TPSA) is 34.1 Å². The van der Waals surface area contributed by atoms with Gasteiger partial charge in [-0.15, -0.1) is 0 Å². The minimum Gasteiger partial charge on any atom is -0.490 e. The van der Waals surface area contributed by atoms with Gasteiger partial charge >= 0.3 is 0 Å². The first-order valence-electron chi connectivity index (χ1n) is 9.53. The van der Waals surface area contributed by atoms with Crippen LogP contribution in [0, 0.1) is 18.8 Å². The molecule has 25 heavy (non-hydrogen) atoms. The third-order valence-corrected chi connectivity index (χ3v) is 5.28. The summed E-state index contributed by atoms with van der Waals surface area (Å²) >= 11 is 0. The largest absolute Gasteiger partial charge is 0.490 e. The number of benzene rings is 1. The van der Waals surface area contributed by atoms with Crippen LogP contribution in [0.5, 0.6) is 5.75 Å². The molecule has 1 aromatic heterocycles. The van der Waals surface area contributed by atoms with E-state index in [0.717, 1.165) is 24.8 Å². The average Bonchev–Trinajstić information content (AvgIpc) is 2.63. The first kappa shape index (κ1) is 17.9. The van der Waals surface area contributed by atoms with Gasteiger partial charge in [0.05, 0.1) is 6.10 Å². The Kier molecular flexibility index (Phi) is 6.46. The number of aromatic nitrogens is 1. The summed E-state index contributed by atoms with van der Waals surface area (Å²) in [5, 5.41) is 3.59. The molecule has 3 rings (SSSR count). The molecule has 1 fully saturated rings. The van der Waals surface area contributed by atoms with E-state index in [9.17, 15) is 0 Å². The number of rotatable bonds is 7. The van der Waals surface area contributed by atoms with Crippen LogP contribution < -0.4 is 10.1 Å². The van der Waals surface area contributed by atoms with Crippen molar-refractivity contribution in [1.82, 2.24) is 10.3 Å². The van der Waals surface area contributed by atoms with Crippen LogP contribution >= 0.6 is 0 Å². The van der Waals surface area contributed by atoms with Crippen LogP contribution in [0.1, 0.15) is 43.7 Å². The van der Waals surface area contributed by atoms with Crippen LogP contribution in [0.25, 0.3) is 0 Å². The lowest BCUT2D eigenvalue weighted by molar-refractivity contribution is 0.102. The molecule has 0 radical (unpaired) electrons. The minimum atomic E-state index is 0.362. The Morgan fingerprint density at radius 3 is 2.96 bits per heavy atom. The number of hydrogen-bond acceptors (Lipinski definition) is 3. The van der Waals surface area contributed by atoms with Crippen molar-refractivity contribution >= 4 is 0 Å². The third kappa shape index (κ3) is 5.57. The molecule has 2 aromatic rings. The van der Waals surface area contributed by atoms with E-state index in [1.54, 1.807) is 0 Å². The molecule has 0 saturated heterocycles. The second-order valence-corrected chi connectivity index (χ2v) is 7.45. The van der Waals surface area contributed by atoms with E-state index in [1.807, 2.05) is 18.5 Å². The maximum atomic E-state index is 6.26. The van der Waals surface area contributed by atoms with Gasteiger partial charge in [-0.2, -0.15) is 0 Å². The second kappa shape index (κ2) is 9.00. The van der Waals surface area contributed by atoms with Gasteiger partial charge in [-0.3, -0.25) is 4.98 Å². The second-order valence-electron chi connectivity index (χ2n) is 7.45. The molecule has 3 nitrogen and oxygen atoms in total. The Balaban J connectivity index is 1.45. The first-order valence-corrected chi connectivity index (χ1v) is 9.53. The van der Waals surface area contributed by atoms with Gasteiger partial charge in [0.15, 0.2) is 0 Å². The molecule has 1 aliphatic rings. The normalized spacial score (nSPS) is 21.7. The predicted molar refractivity (Wildman–Crippen MR) is 103 cm³/mol. The summed E-state index contributed by atoms with van der Waals surface area (Å²) in [5.74, 6) is 2.43. The lowest BCUT2D eigenvalue weighted by Gasteiger charge is -2.33. The molecular formula is C22H30N2O. The Labute approximate surface area is 151 Å². The average molecular weight is 338 g/mol. The van der Waals surface area contributed by atoms with Crippen LogP contribution in [0.4, 0.5) is 0 Å². The zero-order chi connectivity index (χ0) is 17.5. The third-order valence-electron chi connectivity index (χ3n) is 5.28. The maximum Gasteiger partial charge on any atom is 0.119 e. The predicted octanol–water partition coefficient (Wildman–Crippen LogP) is 4.75. The van der Waals surface area contributed by atoms with Gasteiger partial charge in [0.2, 0.25) is 0 Å². The molecule has 1 N–H and O–H groups in total. The Morgan fingerprint density at radius 2 is 2.16 bits per heavy atom. The van der Waals surface area contributed by atoms with Crippen LogP contribution in [-0.2, 0) is 6.54 Å². The van der Waals surface area contributed by atoms with E-state index in [0.29, 0.717) is 12.0 Å². The smallest absolute Gasteiger partial charge is 0.119 e. The number of nitrogens with one attached hydrogen (secondary N) is 1. The lowest BCUT2D eigenvalue weighted by atomic mass is 9.79. The quantitative estimate of drug-likeness (QED) is 0.791. The number of pyridine rings is 1. The van der Waals surface area contributed by atoms with Crippen molar-refractivity contribution in [3.8, 4) is 5.75 Å². The molecule has 1 aliphatic carbocycles. The van der Waals surface area contributed by atoms with Crippen molar-refractivity contribution in [2.45, 2.75) is 52.2 Å². The van der Waals surface area contributed by atoms with E-state index >= 15 is 0 Å². The van der Waals surface area contributed by atoms with Crippen molar-refractivity contribution in [3.63, 3.8) is 0 Å². The zero-order valence-corrected chi connectivity index (χ0v) is 15.4. The van der Waals surface area contributed by atoms with E-state index in [1.165, 1.54) is 36.8 Å². The number of hydrogen-bond donors (Lipinski definition) is 1. The Hall–Kier alpha value is -1.87. The van der Waals surface area contributed by atoms with E-state index in [4.69, 9.17) is 4.74 Å². The van der Waals surface area contributed by atoms with Gasteiger partial charge in [-0.25, -0.2) is 0 Å². The fraction of sp³-hybridized carbons (Fsp3) is 0.500. The maximum absolute atomic E-state index is 6.26. The standard InChI is InChI=1S/C22H30N2O/c1-17-6-3-9-21(12-17)25-22-10-4-8-20(13-22)18(2)14-24-16-19-7-5-11-23-15-19/h3,5-7,9,11-12,15,18,20,22,24H,4,8,10,13-14,16H2,1-2H3/t18?,20?,22-/m1/s1. The molecule has 1 aromatic carbocycles. The highest BCUT2D eigenvalue weighted by molar-refractivity contribution is 5.27. The van der Waals surface area contributed by atoms with Gasteiger partial charge in [-0.05, 0) is 80.3 Å². The number of ether oxygens (including phenoxy) is 1. The molecule has 3 atom stereocenters. The van der Waals surface area contributed by atoms with Crippen molar-refractivity contribution < 1.29 is 4.74 Å². The fourth-order valence-electron chi connectivity index (χ4n) is 3.80. The Morgan fingerprint density at radius 1 is 1.24 bits per heavy atom. The van der Waals surface area contributed by atoms with Gasteiger partial charge in [0.1, 0.15) is 5.75 Å². The molecular weight excluding hydrogens is 308 g/mol. The highest BCUT2D eigenvalue weighted by Gasteiger charge is 2.27. The summed E-state index contributed by atoms with van der Waals surface area (Å²) in [6.07, 6.45) is 9.06. The molecule has 0 aliphatic heterocycles. The first-order chi connectivity index (χ1) is 12.2. The van der Waals surface area contributed by atoms with Crippen LogP contribution in [0.3, 0.4) is 0 Å². The van der Waals surface area contributed by atoms with Gasteiger partial charge < -0.3 is 10.1 Å². The molecule has 1 saturated carbocycles. The van der Waals surface area contributed by atoms with Gasteiger partial charge in [0.25, 0.3) is 0 Å².